The highest BCUT2D eigenvalue weighted by molar-refractivity contribution is 6.02. The van der Waals surface area contributed by atoms with Gasteiger partial charge >= 0.3 is 0 Å². The van der Waals surface area contributed by atoms with Crippen molar-refractivity contribution in [3.05, 3.63) is 66.4 Å². The van der Waals surface area contributed by atoms with Crippen molar-refractivity contribution in [3.63, 3.8) is 0 Å². The summed E-state index contributed by atoms with van der Waals surface area (Å²) in [4.78, 5) is 16.9. The Balaban J connectivity index is 1.49. The van der Waals surface area contributed by atoms with E-state index in [2.05, 4.69) is 10.3 Å². The molecule has 120 valence electrons. The molecule has 1 aliphatic rings. The lowest BCUT2D eigenvalue weighted by Crippen LogP contribution is -2.15. The summed E-state index contributed by atoms with van der Waals surface area (Å²) in [6, 6.07) is 17.7. The number of carbonyl (C=O) groups is 1. The van der Waals surface area contributed by atoms with Crippen LogP contribution in [0, 0.1) is 5.92 Å². The first-order valence-electron chi connectivity index (χ1n) is 8.05. The zero-order valence-electron chi connectivity index (χ0n) is 13.4. The van der Waals surface area contributed by atoms with Crippen LogP contribution in [-0.4, -0.2) is 18.0 Å². The van der Waals surface area contributed by atoms with E-state index in [0.29, 0.717) is 5.92 Å². The highest BCUT2D eigenvalue weighted by Crippen LogP contribution is 2.48. The second-order valence-corrected chi connectivity index (χ2v) is 6.09. The lowest BCUT2D eigenvalue weighted by atomic mass is 10.1. The highest BCUT2D eigenvalue weighted by atomic mass is 16.5. The summed E-state index contributed by atoms with van der Waals surface area (Å²) >= 11 is 0. The number of pyridine rings is 1. The lowest BCUT2D eigenvalue weighted by Gasteiger charge is -2.08. The third kappa shape index (κ3) is 2.71. The minimum absolute atomic E-state index is 0.0253. The third-order valence-corrected chi connectivity index (χ3v) is 4.56. The normalized spacial score (nSPS) is 19.0. The van der Waals surface area contributed by atoms with Gasteiger partial charge in [0.2, 0.25) is 5.91 Å². The Morgan fingerprint density at radius 2 is 1.92 bits per heavy atom. The number of nitrogens with zero attached hydrogens (tertiary/aromatic N) is 1. The van der Waals surface area contributed by atoms with Gasteiger partial charge in [0.15, 0.2) is 0 Å². The van der Waals surface area contributed by atoms with E-state index in [1.807, 2.05) is 54.6 Å². The average Bonchev–Trinajstić information content (AvgIpc) is 3.43. The summed E-state index contributed by atoms with van der Waals surface area (Å²) in [5.41, 5.74) is 2.79. The second-order valence-electron chi connectivity index (χ2n) is 6.09. The van der Waals surface area contributed by atoms with Crippen molar-refractivity contribution >= 4 is 22.5 Å². The summed E-state index contributed by atoms with van der Waals surface area (Å²) in [6.45, 7) is 0. The molecule has 4 heteroatoms. The number of carbonyl (C=O) groups excluding carboxylic acids is 1. The van der Waals surface area contributed by atoms with Gasteiger partial charge < -0.3 is 10.1 Å². The number of fused-ring (bicyclic) bond motifs is 1. The Labute approximate surface area is 140 Å². The number of ether oxygens (including phenoxy) is 1. The zero-order chi connectivity index (χ0) is 16.5. The maximum atomic E-state index is 12.6. The van der Waals surface area contributed by atoms with Gasteiger partial charge in [-0.05, 0) is 42.2 Å². The van der Waals surface area contributed by atoms with Crippen molar-refractivity contribution in [2.75, 3.05) is 12.4 Å². The fourth-order valence-electron chi connectivity index (χ4n) is 3.13. The molecule has 1 aromatic heterocycles. The minimum Gasteiger partial charge on any atom is -0.497 e. The number of aromatic nitrogens is 1. The molecule has 24 heavy (non-hydrogen) atoms. The van der Waals surface area contributed by atoms with E-state index in [1.54, 1.807) is 13.3 Å². The number of benzene rings is 2. The molecule has 0 spiro atoms. The van der Waals surface area contributed by atoms with Crippen LogP contribution in [-0.2, 0) is 4.79 Å². The van der Waals surface area contributed by atoms with Crippen molar-refractivity contribution in [1.82, 2.24) is 4.98 Å². The molecule has 1 amide bonds. The van der Waals surface area contributed by atoms with Gasteiger partial charge in [-0.1, -0.05) is 30.3 Å². The predicted octanol–water partition coefficient (Wildman–Crippen LogP) is 3.99. The topological polar surface area (TPSA) is 51.2 Å². The standard InChI is InChI=1S/C20H18N2O2/c1-24-15-9-7-13(8-10-15)16-12-17(16)20(23)22-18-6-2-4-14-5-3-11-21-19(14)18/h2-11,16-17H,12H2,1H3,(H,22,23). The fourth-order valence-corrected chi connectivity index (χ4v) is 3.13. The number of anilines is 1. The van der Waals surface area contributed by atoms with Gasteiger partial charge in [0.05, 0.1) is 18.3 Å². The Hall–Kier alpha value is -2.88. The summed E-state index contributed by atoms with van der Waals surface area (Å²) < 4.78 is 5.18. The number of hydrogen-bond donors (Lipinski definition) is 1. The van der Waals surface area contributed by atoms with Gasteiger partial charge in [0.25, 0.3) is 0 Å². The molecule has 4 nitrogen and oxygen atoms in total. The molecule has 4 rings (SSSR count). The van der Waals surface area contributed by atoms with Crippen LogP contribution >= 0.6 is 0 Å². The number of amides is 1. The first-order chi connectivity index (χ1) is 11.8. The zero-order valence-corrected chi connectivity index (χ0v) is 13.4. The highest BCUT2D eigenvalue weighted by Gasteiger charge is 2.44. The van der Waals surface area contributed by atoms with E-state index in [4.69, 9.17) is 4.74 Å². The number of para-hydroxylation sites is 1. The van der Waals surface area contributed by atoms with E-state index in [9.17, 15) is 4.79 Å². The van der Waals surface area contributed by atoms with E-state index in [-0.39, 0.29) is 11.8 Å². The molecular weight excluding hydrogens is 300 g/mol. The Kier molecular flexibility index (Phi) is 3.65. The number of methoxy groups -OCH3 is 1. The molecule has 3 aromatic rings. The van der Waals surface area contributed by atoms with E-state index in [0.717, 1.165) is 28.8 Å². The monoisotopic (exact) mass is 318 g/mol. The number of hydrogen-bond acceptors (Lipinski definition) is 3. The van der Waals surface area contributed by atoms with Crippen molar-refractivity contribution in [2.45, 2.75) is 12.3 Å². The maximum Gasteiger partial charge on any atom is 0.228 e. The molecule has 2 aromatic carbocycles. The van der Waals surface area contributed by atoms with Crippen molar-refractivity contribution in [2.24, 2.45) is 5.92 Å². The number of nitrogens with one attached hydrogen (secondary N) is 1. The number of rotatable bonds is 4. The first kappa shape index (κ1) is 14.7. The average molecular weight is 318 g/mol. The molecule has 0 bridgehead atoms. The summed E-state index contributed by atoms with van der Waals surface area (Å²) in [6.07, 6.45) is 2.63. The molecule has 1 aliphatic carbocycles. The second kappa shape index (κ2) is 5.96. The molecule has 2 unspecified atom stereocenters. The Morgan fingerprint density at radius 1 is 1.12 bits per heavy atom. The van der Waals surface area contributed by atoms with Gasteiger partial charge in [-0.3, -0.25) is 9.78 Å². The van der Waals surface area contributed by atoms with Crippen LogP contribution in [0.3, 0.4) is 0 Å². The smallest absolute Gasteiger partial charge is 0.228 e. The van der Waals surface area contributed by atoms with Crippen LogP contribution in [0.5, 0.6) is 5.75 Å². The SMILES string of the molecule is COc1ccc(C2CC2C(=O)Nc2cccc3cccnc23)cc1. The van der Waals surface area contributed by atoms with Gasteiger partial charge in [0.1, 0.15) is 5.75 Å². The molecule has 2 atom stereocenters. The van der Waals surface area contributed by atoms with E-state index >= 15 is 0 Å². The van der Waals surface area contributed by atoms with Crippen LogP contribution < -0.4 is 10.1 Å². The fraction of sp³-hybridized carbons (Fsp3) is 0.200. The molecule has 1 N–H and O–H groups in total. The van der Waals surface area contributed by atoms with E-state index < -0.39 is 0 Å². The van der Waals surface area contributed by atoms with Crippen LogP contribution in [0.4, 0.5) is 5.69 Å². The Bertz CT molecular complexity index is 884. The summed E-state index contributed by atoms with van der Waals surface area (Å²) in [5, 5.41) is 4.07. The van der Waals surface area contributed by atoms with Gasteiger partial charge in [-0.15, -0.1) is 0 Å². The molecule has 0 aliphatic heterocycles. The molecule has 1 fully saturated rings. The van der Waals surface area contributed by atoms with Crippen LogP contribution in [0.1, 0.15) is 17.9 Å². The van der Waals surface area contributed by atoms with Gasteiger partial charge in [-0.25, -0.2) is 0 Å². The quantitative estimate of drug-likeness (QED) is 0.791. The molecule has 0 saturated heterocycles. The minimum atomic E-state index is 0.0253. The van der Waals surface area contributed by atoms with Gasteiger partial charge in [-0.2, -0.15) is 0 Å². The lowest BCUT2D eigenvalue weighted by molar-refractivity contribution is -0.117. The molecular formula is C20H18N2O2. The van der Waals surface area contributed by atoms with Crippen molar-refractivity contribution in [1.29, 1.82) is 0 Å². The van der Waals surface area contributed by atoms with E-state index in [1.165, 1.54) is 5.56 Å². The van der Waals surface area contributed by atoms with Gasteiger partial charge in [0, 0.05) is 17.5 Å². The maximum absolute atomic E-state index is 12.6. The molecule has 1 saturated carbocycles. The molecule has 1 heterocycles. The van der Waals surface area contributed by atoms with Crippen LogP contribution in [0.15, 0.2) is 60.8 Å². The first-order valence-corrected chi connectivity index (χ1v) is 8.05. The predicted molar refractivity (Wildman–Crippen MR) is 94.2 cm³/mol. The van der Waals surface area contributed by atoms with Crippen molar-refractivity contribution < 1.29 is 9.53 Å². The third-order valence-electron chi connectivity index (χ3n) is 4.56. The largest absolute Gasteiger partial charge is 0.497 e. The van der Waals surface area contributed by atoms with Crippen LogP contribution in [0.2, 0.25) is 0 Å². The Morgan fingerprint density at radius 3 is 2.71 bits per heavy atom. The molecule has 0 radical (unpaired) electrons. The van der Waals surface area contributed by atoms with Crippen LogP contribution in [0.25, 0.3) is 10.9 Å². The summed E-state index contributed by atoms with van der Waals surface area (Å²) in [7, 11) is 1.65. The summed E-state index contributed by atoms with van der Waals surface area (Å²) in [5.74, 6) is 1.22. The van der Waals surface area contributed by atoms with Crippen molar-refractivity contribution in [3.8, 4) is 5.75 Å².